The Bertz CT molecular complexity index is 293. The number of hydrogen-bond donors (Lipinski definition) is 0. The first-order valence-corrected chi connectivity index (χ1v) is 6.67. The largest absolute Gasteiger partial charge is 0.355 e. The van der Waals surface area contributed by atoms with Crippen molar-refractivity contribution in [3.63, 3.8) is 0 Å². The first kappa shape index (κ1) is 11.9. The van der Waals surface area contributed by atoms with Gasteiger partial charge in [0.2, 0.25) is 0 Å². The van der Waals surface area contributed by atoms with Crippen LogP contribution < -0.4 is 4.90 Å². The summed E-state index contributed by atoms with van der Waals surface area (Å²) in [4.78, 5) is 6.55. The van der Waals surface area contributed by atoms with Crippen LogP contribution in [0.15, 0.2) is 22.8 Å². The second-order valence-electron chi connectivity index (χ2n) is 3.22. The number of hydrogen-bond acceptors (Lipinski definition) is 3. The first-order chi connectivity index (χ1) is 6.66. The van der Waals surface area contributed by atoms with Crippen LogP contribution in [0.4, 0.5) is 5.82 Å². The molecule has 0 aliphatic carbocycles. The Morgan fingerprint density at radius 2 is 2.36 bits per heavy atom. The number of rotatable bonds is 4. The summed E-state index contributed by atoms with van der Waals surface area (Å²) >= 11 is 5.36. The van der Waals surface area contributed by atoms with Crippen molar-refractivity contribution < 1.29 is 0 Å². The zero-order chi connectivity index (χ0) is 10.6. The smallest absolute Gasteiger partial charge is 0.142 e. The van der Waals surface area contributed by atoms with E-state index in [1.807, 2.05) is 30.1 Å². The molecule has 0 aromatic carbocycles. The average molecular weight is 275 g/mol. The van der Waals surface area contributed by atoms with E-state index in [9.17, 15) is 0 Å². The topological polar surface area (TPSA) is 16.1 Å². The van der Waals surface area contributed by atoms with E-state index in [0.29, 0.717) is 6.04 Å². The highest BCUT2D eigenvalue weighted by Crippen LogP contribution is 2.23. The van der Waals surface area contributed by atoms with Gasteiger partial charge in [-0.3, -0.25) is 0 Å². The van der Waals surface area contributed by atoms with Gasteiger partial charge in [0.1, 0.15) is 5.82 Å². The fourth-order valence-corrected chi connectivity index (χ4v) is 2.44. The molecule has 78 valence electrons. The minimum absolute atomic E-state index is 0.496. The van der Waals surface area contributed by atoms with Gasteiger partial charge in [-0.1, -0.05) is 0 Å². The molecule has 1 aromatic heterocycles. The average Bonchev–Trinajstić information content (AvgIpc) is 2.18. The second-order valence-corrected chi connectivity index (χ2v) is 4.99. The normalized spacial score (nSPS) is 12.6. The molecule has 2 nitrogen and oxygen atoms in total. The maximum absolute atomic E-state index is 4.35. The molecule has 0 bridgehead atoms. The number of aromatic nitrogens is 1. The van der Waals surface area contributed by atoms with E-state index in [2.05, 4.69) is 46.0 Å². The van der Waals surface area contributed by atoms with Crippen LogP contribution in [0.2, 0.25) is 0 Å². The molecule has 14 heavy (non-hydrogen) atoms. The lowest BCUT2D eigenvalue weighted by molar-refractivity contribution is 0.751. The first-order valence-electron chi connectivity index (χ1n) is 4.49. The van der Waals surface area contributed by atoms with Gasteiger partial charge in [0.15, 0.2) is 0 Å². The lowest BCUT2D eigenvalue weighted by atomic mass is 10.3. The molecule has 0 N–H and O–H groups in total. The molecule has 4 heteroatoms. The molecule has 1 aromatic rings. The predicted octanol–water partition coefficient (Wildman–Crippen LogP) is 3.03. The molecule has 1 rings (SSSR count). The molecular weight excluding hydrogens is 260 g/mol. The fraction of sp³-hybridized carbons (Fsp3) is 0.500. The van der Waals surface area contributed by atoms with Gasteiger partial charge < -0.3 is 4.90 Å². The van der Waals surface area contributed by atoms with Gasteiger partial charge in [0, 0.05) is 25.0 Å². The lowest BCUT2D eigenvalue weighted by Gasteiger charge is -2.26. The summed E-state index contributed by atoms with van der Waals surface area (Å²) in [6, 6.07) is 4.45. The Balaban J connectivity index is 2.78. The molecule has 0 saturated heterocycles. The van der Waals surface area contributed by atoms with Crippen molar-refractivity contribution in [2.75, 3.05) is 24.0 Å². The van der Waals surface area contributed by atoms with Crippen molar-refractivity contribution in [3.05, 3.63) is 22.8 Å². The van der Waals surface area contributed by atoms with Gasteiger partial charge in [-0.05, 0) is 41.2 Å². The van der Waals surface area contributed by atoms with Crippen LogP contribution in [-0.2, 0) is 0 Å². The van der Waals surface area contributed by atoms with E-state index in [1.54, 1.807) is 0 Å². The van der Waals surface area contributed by atoms with Gasteiger partial charge in [-0.15, -0.1) is 0 Å². The quantitative estimate of drug-likeness (QED) is 0.840. The molecule has 0 amide bonds. The number of thioether (sulfide) groups is 1. The number of anilines is 1. The van der Waals surface area contributed by atoms with Crippen LogP contribution >= 0.6 is 27.7 Å². The van der Waals surface area contributed by atoms with E-state index in [-0.39, 0.29) is 0 Å². The van der Waals surface area contributed by atoms with Gasteiger partial charge in [-0.25, -0.2) is 4.98 Å². The molecule has 0 fully saturated rings. The van der Waals surface area contributed by atoms with E-state index < -0.39 is 0 Å². The summed E-state index contributed by atoms with van der Waals surface area (Å²) in [5.41, 5.74) is 0. The number of halogens is 1. The Kier molecular flexibility index (Phi) is 4.75. The van der Waals surface area contributed by atoms with E-state index in [0.717, 1.165) is 16.0 Å². The molecular formula is C10H15BrN2S. The molecule has 1 unspecified atom stereocenters. The minimum Gasteiger partial charge on any atom is -0.355 e. The summed E-state index contributed by atoms with van der Waals surface area (Å²) in [5, 5.41) is 0. The van der Waals surface area contributed by atoms with Crippen LogP contribution in [0.3, 0.4) is 0 Å². The Labute approximate surface area is 98.2 Å². The highest BCUT2D eigenvalue weighted by atomic mass is 79.9. The van der Waals surface area contributed by atoms with Crippen molar-refractivity contribution in [3.8, 4) is 0 Å². The summed E-state index contributed by atoms with van der Waals surface area (Å²) in [5.74, 6) is 2.12. The minimum atomic E-state index is 0.496. The SMILES string of the molecule is CSCC(C)N(C)c1ncccc1Br. The zero-order valence-corrected chi connectivity index (χ0v) is 11.1. The molecule has 1 atom stereocenters. The van der Waals surface area contributed by atoms with Gasteiger partial charge in [0.05, 0.1) is 4.47 Å². The molecule has 1 heterocycles. The second kappa shape index (κ2) is 5.61. The monoisotopic (exact) mass is 274 g/mol. The van der Waals surface area contributed by atoms with Crippen LogP contribution in [0.5, 0.6) is 0 Å². The Morgan fingerprint density at radius 1 is 1.64 bits per heavy atom. The molecule has 0 aliphatic heterocycles. The van der Waals surface area contributed by atoms with E-state index in [4.69, 9.17) is 0 Å². The fourth-order valence-electron chi connectivity index (χ4n) is 1.20. The predicted molar refractivity (Wildman–Crippen MR) is 68.2 cm³/mol. The Hall–Kier alpha value is -0.220. The summed E-state index contributed by atoms with van der Waals surface area (Å²) in [7, 11) is 2.08. The van der Waals surface area contributed by atoms with Gasteiger partial charge >= 0.3 is 0 Å². The van der Waals surface area contributed by atoms with E-state index in [1.165, 1.54) is 0 Å². The van der Waals surface area contributed by atoms with E-state index >= 15 is 0 Å². The van der Waals surface area contributed by atoms with Crippen molar-refractivity contribution in [2.45, 2.75) is 13.0 Å². The van der Waals surface area contributed by atoms with Crippen LogP contribution in [0.25, 0.3) is 0 Å². The third-order valence-corrected chi connectivity index (χ3v) is 3.58. The lowest BCUT2D eigenvalue weighted by Crippen LogP contribution is -2.31. The van der Waals surface area contributed by atoms with Gasteiger partial charge in [-0.2, -0.15) is 11.8 Å². The van der Waals surface area contributed by atoms with Crippen molar-refractivity contribution in [1.82, 2.24) is 4.98 Å². The Morgan fingerprint density at radius 3 is 2.93 bits per heavy atom. The van der Waals surface area contributed by atoms with Crippen LogP contribution in [0, 0.1) is 0 Å². The zero-order valence-electron chi connectivity index (χ0n) is 8.70. The summed E-state index contributed by atoms with van der Waals surface area (Å²) in [6.07, 6.45) is 3.94. The summed E-state index contributed by atoms with van der Waals surface area (Å²) in [6.45, 7) is 2.21. The third kappa shape index (κ3) is 2.89. The van der Waals surface area contributed by atoms with Crippen molar-refractivity contribution >= 4 is 33.5 Å². The molecule has 0 aliphatic rings. The molecule has 0 spiro atoms. The van der Waals surface area contributed by atoms with Crippen molar-refractivity contribution in [2.24, 2.45) is 0 Å². The summed E-state index contributed by atoms with van der Waals surface area (Å²) < 4.78 is 1.05. The molecule has 0 saturated carbocycles. The van der Waals surface area contributed by atoms with Crippen molar-refractivity contribution in [1.29, 1.82) is 0 Å². The number of pyridine rings is 1. The highest BCUT2D eigenvalue weighted by molar-refractivity contribution is 9.10. The third-order valence-electron chi connectivity index (χ3n) is 2.14. The maximum atomic E-state index is 4.35. The van der Waals surface area contributed by atoms with Crippen LogP contribution in [0.1, 0.15) is 6.92 Å². The molecule has 0 radical (unpaired) electrons. The highest BCUT2D eigenvalue weighted by Gasteiger charge is 2.12. The van der Waals surface area contributed by atoms with Crippen LogP contribution in [-0.4, -0.2) is 30.1 Å². The standard InChI is InChI=1S/C10H15BrN2S/c1-8(7-14-3)13(2)10-9(11)5-4-6-12-10/h4-6,8H,7H2,1-3H3. The van der Waals surface area contributed by atoms with Gasteiger partial charge in [0.25, 0.3) is 0 Å². The number of nitrogens with zero attached hydrogens (tertiary/aromatic N) is 2. The maximum Gasteiger partial charge on any atom is 0.142 e.